The van der Waals surface area contributed by atoms with Crippen LogP contribution in [-0.4, -0.2) is 30.8 Å². The molecule has 0 atom stereocenters. The number of fused-ring (bicyclic) bond motifs is 1. The molecule has 4 nitrogen and oxygen atoms in total. The predicted molar refractivity (Wildman–Crippen MR) is 79.7 cm³/mol. The Morgan fingerprint density at radius 3 is 2.95 bits per heavy atom. The zero-order valence-corrected chi connectivity index (χ0v) is 12.3. The Bertz CT molecular complexity index is 543. The molecule has 1 heterocycles. The van der Waals surface area contributed by atoms with Crippen molar-refractivity contribution in [2.45, 2.75) is 12.8 Å². The lowest BCUT2D eigenvalue weighted by molar-refractivity contribution is -0.137. The lowest BCUT2D eigenvalue weighted by Crippen LogP contribution is -2.23. The first-order valence-corrected chi connectivity index (χ1v) is 7.05. The largest absolute Gasteiger partial charge is 0.487 e. The first-order chi connectivity index (χ1) is 9.56. The maximum atomic E-state index is 10.4. The van der Waals surface area contributed by atoms with E-state index in [9.17, 15) is 4.79 Å². The summed E-state index contributed by atoms with van der Waals surface area (Å²) in [6.45, 7) is 1.79. The van der Waals surface area contributed by atoms with Crippen molar-refractivity contribution in [2.24, 2.45) is 0 Å². The number of benzene rings is 1. The van der Waals surface area contributed by atoms with Crippen LogP contribution in [0.25, 0.3) is 6.08 Å². The van der Waals surface area contributed by atoms with E-state index >= 15 is 0 Å². The lowest BCUT2D eigenvalue weighted by Gasteiger charge is -2.19. The van der Waals surface area contributed by atoms with E-state index in [-0.39, 0.29) is 6.42 Å². The molecule has 0 unspecified atom stereocenters. The van der Waals surface area contributed by atoms with E-state index in [1.807, 2.05) is 12.1 Å². The molecule has 2 rings (SSSR count). The number of carboxylic acid groups (broad SMARTS) is 1. The minimum atomic E-state index is -0.773. The highest BCUT2D eigenvalue weighted by Crippen LogP contribution is 2.36. The molecule has 6 heteroatoms. The summed E-state index contributed by atoms with van der Waals surface area (Å²) in [5.74, 6) is -0.115. The van der Waals surface area contributed by atoms with Gasteiger partial charge < -0.3 is 15.2 Å². The van der Waals surface area contributed by atoms with Gasteiger partial charge in [-0.25, -0.2) is 0 Å². The summed E-state index contributed by atoms with van der Waals surface area (Å²) in [6, 6.07) is 3.47. The third-order valence-corrected chi connectivity index (χ3v) is 3.39. The van der Waals surface area contributed by atoms with Crippen LogP contribution in [0.15, 0.2) is 17.7 Å². The molecule has 108 valence electrons. The monoisotopic (exact) mass is 315 g/mol. The number of hydrogen-bond donors (Lipinski definition) is 2. The van der Waals surface area contributed by atoms with Gasteiger partial charge in [0, 0.05) is 23.6 Å². The van der Waals surface area contributed by atoms with Crippen molar-refractivity contribution in [3.63, 3.8) is 0 Å². The van der Waals surface area contributed by atoms with Gasteiger partial charge in [-0.2, -0.15) is 0 Å². The SMILES string of the molecule is O=C(O)CCCNCC1=Cc2cc(Cl)cc(Cl)c2OC1. The van der Waals surface area contributed by atoms with Gasteiger partial charge in [-0.3, -0.25) is 4.79 Å². The van der Waals surface area contributed by atoms with E-state index in [0.29, 0.717) is 41.9 Å². The summed E-state index contributed by atoms with van der Waals surface area (Å²) in [4.78, 5) is 10.4. The van der Waals surface area contributed by atoms with Gasteiger partial charge in [-0.1, -0.05) is 23.2 Å². The third kappa shape index (κ3) is 4.13. The van der Waals surface area contributed by atoms with E-state index in [4.69, 9.17) is 33.0 Å². The smallest absolute Gasteiger partial charge is 0.303 e. The van der Waals surface area contributed by atoms with Crippen molar-refractivity contribution in [1.82, 2.24) is 5.32 Å². The fraction of sp³-hybridized carbons (Fsp3) is 0.357. The van der Waals surface area contributed by atoms with E-state index in [1.165, 1.54) is 0 Å². The lowest BCUT2D eigenvalue weighted by atomic mass is 10.1. The van der Waals surface area contributed by atoms with Crippen molar-refractivity contribution in [3.05, 3.63) is 33.3 Å². The summed E-state index contributed by atoms with van der Waals surface area (Å²) >= 11 is 12.0. The van der Waals surface area contributed by atoms with E-state index in [1.54, 1.807) is 6.07 Å². The first-order valence-electron chi connectivity index (χ1n) is 6.30. The van der Waals surface area contributed by atoms with Gasteiger partial charge in [0.15, 0.2) is 0 Å². The maximum Gasteiger partial charge on any atom is 0.303 e. The van der Waals surface area contributed by atoms with Gasteiger partial charge in [-0.05, 0) is 36.7 Å². The van der Waals surface area contributed by atoms with Crippen LogP contribution < -0.4 is 10.1 Å². The van der Waals surface area contributed by atoms with Crippen molar-refractivity contribution in [3.8, 4) is 5.75 Å². The number of ether oxygens (including phenoxy) is 1. The quantitative estimate of drug-likeness (QED) is 0.791. The minimum Gasteiger partial charge on any atom is -0.487 e. The summed E-state index contributed by atoms with van der Waals surface area (Å²) in [7, 11) is 0. The van der Waals surface area contributed by atoms with Crippen LogP contribution >= 0.6 is 23.2 Å². The fourth-order valence-corrected chi connectivity index (χ4v) is 2.55. The molecule has 0 aliphatic carbocycles. The average molecular weight is 316 g/mol. The number of halogens is 2. The second-order valence-electron chi connectivity index (χ2n) is 4.57. The average Bonchev–Trinajstić information content (AvgIpc) is 2.37. The number of carbonyl (C=O) groups is 1. The normalized spacial score (nSPS) is 13.4. The number of aliphatic carboxylic acids is 1. The standard InChI is InChI=1S/C14H15Cl2NO3/c15-11-5-10-4-9(7-17-3-1-2-13(18)19)8-20-14(10)12(16)6-11/h4-6,17H,1-3,7-8H2,(H,18,19). The van der Waals surface area contributed by atoms with Gasteiger partial charge in [0.25, 0.3) is 0 Å². The summed E-state index contributed by atoms with van der Waals surface area (Å²) in [6.07, 6.45) is 2.79. The second-order valence-corrected chi connectivity index (χ2v) is 5.41. The van der Waals surface area contributed by atoms with Crippen molar-refractivity contribution < 1.29 is 14.6 Å². The molecule has 0 spiro atoms. The van der Waals surface area contributed by atoms with Crippen molar-refractivity contribution in [1.29, 1.82) is 0 Å². The molecule has 1 aliphatic rings. The molecule has 0 radical (unpaired) electrons. The molecule has 0 amide bonds. The zero-order valence-electron chi connectivity index (χ0n) is 10.8. The topological polar surface area (TPSA) is 58.6 Å². The zero-order chi connectivity index (χ0) is 14.5. The molecule has 0 fully saturated rings. The van der Waals surface area contributed by atoms with Gasteiger partial charge in [0.2, 0.25) is 0 Å². The molecule has 0 saturated heterocycles. The molecule has 2 N–H and O–H groups in total. The maximum absolute atomic E-state index is 10.4. The van der Waals surface area contributed by atoms with Crippen molar-refractivity contribution in [2.75, 3.05) is 19.7 Å². The Morgan fingerprint density at radius 1 is 1.40 bits per heavy atom. The van der Waals surface area contributed by atoms with Crippen LogP contribution in [0.1, 0.15) is 18.4 Å². The Hall–Kier alpha value is -1.23. The highest BCUT2D eigenvalue weighted by molar-refractivity contribution is 6.36. The Morgan fingerprint density at radius 2 is 2.20 bits per heavy atom. The molecular weight excluding hydrogens is 301 g/mol. The highest BCUT2D eigenvalue weighted by Gasteiger charge is 2.15. The van der Waals surface area contributed by atoms with E-state index in [2.05, 4.69) is 5.32 Å². The minimum absolute atomic E-state index is 0.177. The second kappa shape index (κ2) is 6.97. The first kappa shape index (κ1) is 15.2. The molecule has 0 saturated carbocycles. The molecule has 1 aromatic carbocycles. The summed E-state index contributed by atoms with van der Waals surface area (Å²) in [5, 5.41) is 12.8. The number of carboxylic acids is 1. The van der Waals surface area contributed by atoms with Crippen LogP contribution in [0.2, 0.25) is 10.0 Å². The number of nitrogens with one attached hydrogen (secondary N) is 1. The molecule has 20 heavy (non-hydrogen) atoms. The Balaban J connectivity index is 1.91. The predicted octanol–water partition coefficient (Wildman–Crippen LogP) is 3.22. The molecule has 1 aromatic rings. The van der Waals surface area contributed by atoms with Crippen LogP contribution in [0, 0.1) is 0 Å². The Labute approximate surface area is 127 Å². The number of rotatable bonds is 6. The molecular formula is C14H15Cl2NO3. The van der Waals surface area contributed by atoms with Crippen LogP contribution in [0.5, 0.6) is 5.75 Å². The van der Waals surface area contributed by atoms with E-state index < -0.39 is 5.97 Å². The summed E-state index contributed by atoms with van der Waals surface area (Å²) in [5.41, 5.74) is 1.95. The Kier molecular flexibility index (Phi) is 5.29. The highest BCUT2D eigenvalue weighted by atomic mass is 35.5. The van der Waals surface area contributed by atoms with Crippen molar-refractivity contribution >= 4 is 35.2 Å². The summed E-state index contributed by atoms with van der Waals surface area (Å²) < 4.78 is 5.62. The van der Waals surface area contributed by atoms with Crippen LogP contribution in [0.3, 0.4) is 0 Å². The van der Waals surface area contributed by atoms with Gasteiger partial charge in [0.1, 0.15) is 12.4 Å². The fourth-order valence-electron chi connectivity index (χ4n) is 1.98. The third-order valence-electron chi connectivity index (χ3n) is 2.89. The molecule has 1 aliphatic heterocycles. The van der Waals surface area contributed by atoms with Crippen LogP contribution in [0.4, 0.5) is 0 Å². The van der Waals surface area contributed by atoms with Gasteiger partial charge >= 0.3 is 5.97 Å². The van der Waals surface area contributed by atoms with Gasteiger partial charge in [-0.15, -0.1) is 0 Å². The van der Waals surface area contributed by atoms with E-state index in [0.717, 1.165) is 11.1 Å². The van der Waals surface area contributed by atoms with Crippen LogP contribution in [-0.2, 0) is 4.79 Å². The molecule has 0 aromatic heterocycles. The van der Waals surface area contributed by atoms with Gasteiger partial charge in [0.05, 0.1) is 5.02 Å². The number of hydrogen-bond acceptors (Lipinski definition) is 3. The molecule has 0 bridgehead atoms.